The summed E-state index contributed by atoms with van der Waals surface area (Å²) in [6, 6.07) is 5.68. The third-order valence-corrected chi connectivity index (χ3v) is 3.38. The highest BCUT2D eigenvalue weighted by atomic mass is 35.5. The van der Waals surface area contributed by atoms with Crippen molar-refractivity contribution in [2.24, 2.45) is 0 Å². The molecule has 0 spiro atoms. The fourth-order valence-electron chi connectivity index (χ4n) is 2.10. The number of hydrogen-bond acceptors (Lipinski definition) is 4. The number of hydrogen-bond donors (Lipinski definition) is 0. The van der Waals surface area contributed by atoms with Gasteiger partial charge in [0.05, 0.1) is 0 Å². The molecular weight excluding hydrogens is 256 g/mol. The maximum absolute atomic E-state index is 5.75. The molecule has 5 heteroatoms. The molecule has 0 fully saturated rings. The van der Waals surface area contributed by atoms with E-state index < -0.39 is 5.79 Å². The van der Waals surface area contributed by atoms with Gasteiger partial charge >= 0.3 is 0 Å². The summed E-state index contributed by atoms with van der Waals surface area (Å²) in [4.78, 5) is 0. The third kappa shape index (κ3) is 2.41. The van der Waals surface area contributed by atoms with E-state index in [1.807, 2.05) is 18.2 Å². The Morgan fingerprint density at radius 2 is 1.94 bits per heavy atom. The maximum Gasteiger partial charge on any atom is 0.231 e. The molecule has 0 saturated carbocycles. The zero-order valence-electron chi connectivity index (χ0n) is 10.6. The topological polar surface area (TPSA) is 36.9 Å². The lowest BCUT2D eigenvalue weighted by Gasteiger charge is -2.31. The van der Waals surface area contributed by atoms with Crippen LogP contribution < -0.4 is 9.47 Å². The fourth-order valence-corrected chi connectivity index (χ4v) is 2.23. The van der Waals surface area contributed by atoms with Gasteiger partial charge in [-0.15, -0.1) is 11.6 Å². The van der Waals surface area contributed by atoms with Gasteiger partial charge in [0.25, 0.3) is 0 Å². The van der Waals surface area contributed by atoms with Gasteiger partial charge in [-0.2, -0.15) is 0 Å². The Hall–Kier alpha value is -0.970. The minimum Gasteiger partial charge on any atom is -0.454 e. The van der Waals surface area contributed by atoms with E-state index >= 15 is 0 Å². The Bertz CT molecular complexity index is 404. The summed E-state index contributed by atoms with van der Waals surface area (Å²) in [5.41, 5.74) is 0.905. The summed E-state index contributed by atoms with van der Waals surface area (Å²) in [5.74, 6) is 1.25. The first kappa shape index (κ1) is 13.5. The predicted octanol–water partition coefficient (Wildman–Crippen LogP) is 2.88. The van der Waals surface area contributed by atoms with E-state index in [2.05, 4.69) is 0 Å². The van der Waals surface area contributed by atoms with Crippen molar-refractivity contribution >= 4 is 11.6 Å². The van der Waals surface area contributed by atoms with Crippen molar-refractivity contribution in [2.75, 3.05) is 26.9 Å². The molecule has 0 N–H and O–H groups in total. The zero-order valence-corrected chi connectivity index (χ0v) is 11.3. The first-order valence-electron chi connectivity index (χ1n) is 5.82. The molecule has 0 unspecified atom stereocenters. The van der Waals surface area contributed by atoms with Crippen LogP contribution in [-0.2, 0) is 15.3 Å². The minimum atomic E-state index is -0.782. The van der Waals surface area contributed by atoms with Crippen molar-refractivity contribution < 1.29 is 18.9 Å². The number of ether oxygens (including phenoxy) is 4. The summed E-state index contributed by atoms with van der Waals surface area (Å²) < 4.78 is 21.8. The Morgan fingerprint density at radius 3 is 2.61 bits per heavy atom. The summed E-state index contributed by atoms with van der Waals surface area (Å²) in [7, 11) is 3.25. The number of benzene rings is 1. The Labute approximate surface area is 112 Å². The van der Waals surface area contributed by atoms with Crippen LogP contribution in [0.5, 0.6) is 11.5 Å². The van der Waals surface area contributed by atoms with Crippen LogP contribution in [0.25, 0.3) is 0 Å². The van der Waals surface area contributed by atoms with Crippen LogP contribution in [0.2, 0.25) is 0 Å². The average molecular weight is 273 g/mol. The number of rotatable bonds is 6. The molecule has 100 valence electrons. The van der Waals surface area contributed by atoms with Gasteiger partial charge in [0, 0.05) is 32.1 Å². The van der Waals surface area contributed by atoms with Crippen LogP contribution in [0.3, 0.4) is 0 Å². The van der Waals surface area contributed by atoms with Crippen molar-refractivity contribution in [3.8, 4) is 11.5 Å². The highest BCUT2D eigenvalue weighted by Crippen LogP contribution is 2.39. The van der Waals surface area contributed by atoms with Crippen LogP contribution in [-0.4, -0.2) is 26.9 Å². The minimum absolute atomic E-state index is 0.257. The van der Waals surface area contributed by atoms with E-state index in [-0.39, 0.29) is 6.79 Å². The first-order valence-corrected chi connectivity index (χ1v) is 6.35. The average Bonchev–Trinajstić information content (AvgIpc) is 2.88. The van der Waals surface area contributed by atoms with Crippen LogP contribution in [0.4, 0.5) is 0 Å². The van der Waals surface area contributed by atoms with Crippen molar-refractivity contribution in [3.05, 3.63) is 23.8 Å². The second-order valence-electron chi connectivity index (χ2n) is 4.02. The molecule has 1 aromatic carbocycles. The molecule has 1 heterocycles. The third-order valence-electron chi connectivity index (χ3n) is 3.11. The smallest absolute Gasteiger partial charge is 0.231 e. The maximum atomic E-state index is 5.75. The first-order chi connectivity index (χ1) is 8.75. The number of halogens is 1. The highest BCUT2D eigenvalue weighted by Gasteiger charge is 2.33. The van der Waals surface area contributed by atoms with Gasteiger partial charge in [-0.25, -0.2) is 0 Å². The predicted molar refractivity (Wildman–Crippen MR) is 68.2 cm³/mol. The lowest BCUT2D eigenvalue weighted by molar-refractivity contribution is -0.220. The second-order valence-corrected chi connectivity index (χ2v) is 4.40. The molecule has 2 rings (SSSR count). The van der Waals surface area contributed by atoms with Crippen LogP contribution in [0, 0.1) is 0 Å². The molecule has 0 aromatic heterocycles. The van der Waals surface area contributed by atoms with Crippen molar-refractivity contribution in [1.82, 2.24) is 0 Å². The van der Waals surface area contributed by atoms with E-state index in [0.717, 1.165) is 23.5 Å². The number of fused-ring (bicyclic) bond motifs is 1. The zero-order chi connectivity index (χ0) is 13.0. The molecule has 0 aliphatic carbocycles. The van der Waals surface area contributed by atoms with Crippen LogP contribution in [0.15, 0.2) is 18.2 Å². The lowest BCUT2D eigenvalue weighted by Crippen LogP contribution is -2.30. The molecule has 0 bridgehead atoms. The van der Waals surface area contributed by atoms with Crippen LogP contribution in [0.1, 0.15) is 18.4 Å². The van der Waals surface area contributed by atoms with Gasteiger partial charge in [0.15, 0.2) is 17.3 Å². The monoisotopic (exact) mass is 272 g/mol. The van der Waals surface area contributed by atoms with Crippen molar-refractivity contribution in [2.45, 2.75) is 18.6 Å². The standard InChI is InChI=1S/C13H17ClO4/c1-15-13(16-2,6-3-7-14)10-4-5-11-12(8-10)18-9-17-11/h4-5,8H,3,6-7,9H2,1-2H3. The molecule has 0 atom stereocenters. The lowest BCUT2D eigenvalue weighted by atomic mass is 10.00. The van der Waals surface area contributed by atoms with Crippen LogP contribution >= 0.6 is 11.6 Å². The summed E-state index contributed by atoms with van der Waals surface area (Å²) >= 11 is 5.75. The molecule has 4 nitrogen and oxygen atoms in total. The fraction of sp³-hybridized carbons (Fsp3) is 0.538. The SMILES string of the molecule is COC(CCCCl)(OC)c1ccc2c(c1)OCO2. The van der Waals surface area contributed by atoms with Gasteiger partial charge in [-0.1, -0.05) is 0 Å². The summed E-state index contributed by atoms with van der Waals surface area (Å²) in [5, 5.41) is 0. The summed E-state index contributed by atoms with van der Waals surface area (Å²) in [6.45, 7) is 0.257. The number of methoxy groups -OCH3 is 2. The van der Waals surface area contributed by atoms with Crippen molar-refractivity contribution in [1.29, 1.82) is 0 Å². The second kappa shape index (κ2) is 5.78. The molecule has 1 aliphatic heterocycles. The van der Waals surface area contributed by atoms with Crippen molar-refractivity contribution in [3.63, 3.8) is 0 Å². The highest BCUT2D eigenvalue weighted by molar-refractivity contribution is 6.17. The van der Waals surface area contributed by atoms with Gasteiger partial charge in [0.2, 0.25) is 6.79 Å². The molecule has 0 saturated heterocycles. The quantitative estimate of drug-likeness (QED) is 0.589. The van der Waals surface area contributed by atoms with E-state index in [4.69, 9.17) is 30.5 Å². The van der Waals surface area contributed by atoms with E-state index in [0.29, 0.717) is 12.3 Å². The Balaban J connectivity index is 2.30. The van der Waals surface area contributed by atoms with Gasteiger partial charge in [-0.3, -0.25) is 0 Å². The van der Waals surface area contributed by atoms with Gasteiger partial charge in [0.1, 0.15) is 0 Å². The Kier molecular flexibility index (Phi) is 4.32. The molecular formula is C13H17ClO4. The number of alkyl halides is 1. The largest absolute Gasteiger partial charge is 0.454 e. The molecule has 0 radical (unpaired) electrons. The Morgan fingerprint density at radius 1 is 1.22 bits per heavy atom. The van der Waals surface area contributed by atoms with E-state index in [1.165, 1.54) is 0 Å². The van der Waals surface area contributed by atoms with E-state index in [9.17, 15) is 0 Å². The molecule has 18 heavy (non-hydrogen) atoms. The van der Waals surface area contributed by atoms with E-state index in [1.54, 1.807) is 14.2 Å². The van der Waals surface area contributed by atoms with Gasteiger partial charge in [-0.05, 0) is 24.6 Å². The molecule has 1 aliphatic rings. The molecule has 1 aromatic rings. The summed E-state index contributed by atoms with van der Waals surface area (Å²) in [6.07, 6.45) is 1.49. The van der Waals surface area contributed by atoms with Gasteiger partial charge < -0.3 is 18.9 Å². The molecule has 0 amide bonds. The normalized spacial score (nSPS) is 13.9.